The molecule has 0 unspecified atom stereocenters. The van der Waals surface area contributed by atoms with Crippen molar-refractivity contribution in [1.29, 1.82) is 0 Å². The third-order valence-corrected chi connectivity index (χ3v) is 3.66. The van der Waals surface area contributed by atoms with Gasteiger partial charge in [-0.2, -0.15) is 0 Å². The molecule has 9 nitrogen and oxygen atoms in total. The standard InChI is InChI=1S/C13H16N4O5/c18-12-9-22-10-1-2-11(17(19)20)14-13(10)16(12)4-3-15-5-7-21-8-6-15/h1-2H,3-9H2. The Kier molecular flexibility index (Phi) is 4.16. The summed E-state index contributed by atoms with van der Waals surface area (Å²) in [6.45, 7) is 3.99. The van der Waals surface area contributed by atoms with Crippen LogP contribution in [0, 0.1) is 10.1 Å². The number of carbonyl (C=O) groups is 1. The lowest BCUT2D eigenvalue weighted by atomic mass is 10.3. The largest absolute Gasteiger partial charge is 0.477 e. The Hall–Kier alpha value is -2.26. The van der Waals surface area contributed by atoms with Crippen LogP contribution in [0.5, 0.6) is 5.75 Å². The van der Waals surface area contributed by atoms with Gasteiger partial charge in [0, 0.05) is 32.2 Å². The van der Waals surface area contributed by atoms with Gasteiger partial charge in [0.15, 0.2) is 12.4 Å². The van der Waals surface area contributed by atoms with E-state index in [9.17, 15) is 14.9 Å². The second-order valence-corrected chi connectivity index (χ2v) is 5.04. The van der Waals surface area contributed by atoms with Crippen LogP contribution < -0.4 is 9.64 Å². The van der Waals surface area contributed by atoms with Gasteiger partial charge in [0.25, 0.3) is 11.7 Å². The van der Waals surface area contributed by atoms with E-state index in [4.69, 9.17) is 9.47 Å². The van der Waals surface area contributed by atoms with E-state index in [1.54, 1.807) is 0 Å². The van der Waals surface area contributed by atoms with Crippen molar-refractivity contribution < 1.29 is 19.2 Å². The number of nitro groups is 1. The van der Waals surface area contributed by atoms with Gasteiger partial charge in [-0.15, -0.1) is 0 Å². The molecule has 0 atom stereocenters. The number of morpholine rings is 1. The minimum Gasteiger partial charge on any atom is -0.477 e. The highest BCUT2D eigenvalue weighted by Gasteiger charge is 2.32. The van der Waals surface area contributed by atoms with Crippen molar-refractivity contribution in [2.24, 2.45) is 0 Å². The Morgan fingerprint density at radius 3 is 2.77 bits per heavy atom. The van der Waals surface area contributed by atoms with Crippen LogP contribution >= 0.6 is 0 Å². The average Bonchev–Trinajstić information content (AvgIpc) is 2.54. The van der Waals surface area contributed by atoms with Gasteiger partial charge >= 0.3 is 5.82 Å². The molecule has 118 valence electrons. The van der Waals surface area contributed by atoms with Crippen molar-refractivity contribution in [2.45, 2.75) is 0 Å². The Balaban J connectivity index is 1.77. The van der Waals surface area contributed by atoms with Crippen LogP contribution in [0.2, 0.25) is 0 Å². The zero-order valence-corrected chi connectivity index (χ0v) is 11.9. The van der Waals surface area contributed by atoms with Gasteiger partial charge in [0.2, 0.25) is 0 Å². The van der Waals surface area contributed by atoms with Crippen LogP contribution in [-0.2, 0) is 9.53 Å². The molecule has 0 aliphatic carbocycles. The van der Waals surface area contributed by atoms with Crippen molar-refractivity contribution >= 4 is 17.5 Å². The first kappa shape index (κ1) is 14.7. The van der Waals surface area contributed by atoms with Crippen molar-refractivity contribution in [3.63, 3.8) is 0 Å². The number of amides is 1. The molecule has 0 N–H and O–H groups in total. The highest BCUT2D eigenvalue weighted by atomic mass is 16.6. The van der Waals surface area contributed by atoms with E-state index in [0.717, 1.165) is 13.1 Å². The predicted molar refractivity (Wildman–Crippen MR) is 76.0 cm³/mol. The molecule has 9 heteroatoms. The van der Waals surface area contributed by atoms with E-state index in [-0.39, 0.29) is 24.1 Å². The van der Waals surface area contributed by atoms with Gasteiger partial charge in [-0.05, 0) is 16.0 Å². The number of fused-ring (bicyclic) bond motifs is 1. The molecule has 1 fully saturated rings. The van der Waals surface area contributed by atoms with Gasteiger partial charge in [-0.3, -0.25) is 14.6 Å². The molecule has 0 spiro atoms. The zero-order valence-electron chi connectivity index (χ0n) is 11.9. The Bertz CT molecular complexity index is 588. The zero-order chi connectivity index (χ0) is 15.5. The van der Waals surface area contributed by atoms with Gasteiger partial charge in [-0.25, -0.2) is 0 Å². The number of rotatable bonds is 4. The maximum absolute atomic E-state index is 12.1. The fourth-order valence-electron chi connectivity index (χ4n) is 2.47. The lowest BCUT2D eigenvalue weighted by molar-refractivity contribution is -0.389. The van der Waals surface area contributed by atoms with Crippen molar-refractivity contribution in [2.75, 3.05) is 50.9 Å². The maximum atomic E-state index is 12.1. The fourth-order valence-corrected chi connectivity index (χ4v) is 2.47. The SMILES string of the molecule is O=C1COc2ccc([N+](=O)[O-])nc2N1CCN1CCOCC1. The molecular weight excluding hydrogens is 292 g/mol. The van der Waals surface area contributed by atoms with E-state index in [0.29, 0.717) is 32.1 Å². The molecular formula is C13H16N4O5. The topological polar surface area (TPSA) is 98.0 Å². The monoisotopic (exact) mass is 308 g/mol. The lowest BCUT2D eigenvalue weighted by Crippen LogP contribution is -2.46. The molecule has 0 aromatic carbocycles. The molecule has 3 heterocycles. The Morgan fingerprint density at radius 2 is 2.05 bits per heavy atom. The van der Waals surface area contributed by atoms with Crippen LogP contribution in [0.15, 0.2) is 12.1 Å². The molecule has 1 aromatic rings. The summed E-state index contributed by atoms with van der Waals surface area (Å²) in [6, 6.07) is 2.75. The molecule has 0 radical (unpaired) electrons. The normalized spacial score (nSPS) is 18.7. The summed E-state index contributed by atoms with van der Waals surface area (Å²) < 4.78 is 10.6. The summed E-state index contributed by atoms with van der Waals surface area (Å²) in [5.74, 6) is 0.0769. The minimum atomic E-state index is -0.584. The van der Waals surface area contributed by atoms with Crippen LogP contribution in [-0.4, -0.2) is 66.7 Å². The fraction of sp³-hybridized carbons (Fsp3) is 0.538. The average molecular weight is 308 g/mol. The smallest absolute Gasteiger partial charge is 0.366 e. The minimum absolute atomic E-state index is 0.0738. The van der Waals surface area contributed by atoms with Crippen LogP contribution in [0.4, 0.5) is 11.6 Å². The number of ether oxygens (including phenoxy) is 2. The molecule has 1 aromatic heterocycles. The van der Waals surface area contributed by atoms with E-state index in [1.165, 1.54) is 17.0 Å². The number of nitrogens with zero attached hydrogens (tertiary/aromatic N) is 4. The third kappa shape index (κ3) is 3.00. The number of pyridine rings is 1. The van der Waals surface area contributed by atoms with Gasteiger partial charge in [-0.1, -0.05) is 0 Å². The second kappa shape index (κ2) is 6.24. The Morgan fingerprint density at radius 1 is 1.27 bits per heavy atom. The first-order valence-corrected chi connectivity index (χ1v) is 7.04. The van der Waals surface area contributed by atoms with Crippen LogP contribution in [0.3, 0.4) is 0 Å². The molecule has 1 saturated heterocycles. The molecule has 1 amide bonds. The van der Waals surface area contributed by atoms with Gasteiger partial charge < -0.3 is 19.6 Å². The summed E-state index contributed by atoms with van der Waals surface area (Å²) in [5.41, 5.74) is 0. The first-order chi connectivity index (χ1) is 10.6. The van der Waals surface area contributed by atoms with E-state index < -0.39 is 4.92 Å². The maximum Gasteiger partial charge on any atom is 0.366 e. The lowest BCUT2D eigenvalue weighted by Gasteiger charge is -2.30. The molecule has 22 heavy (non-hydrogen) atoms. The number of hydrogen-bond donors (Lipinski definition) is 0. The summed E-state index contributed by atoms with van der Waals surface area (Å²) in [4.78, 5) is 29.9. The van der Waals surface area contributed by atoms with Crippen molar-refractivity contribution in [3.8, 4) is 5.75 Å². The highest BCUT2D eigenvalue weighted by molar-refractivity contribution is 5.96. The van der Waals surface area contributed by atoms with Crippen LogP contribution in [0.25, 0.3) is 0 Å². The van der Waals surface area contributed by atoms with Gasteiger partial charge in [0.1, 0.15) is 0 Å². The van der Waals surface area contributed by atoms with Gasteiger partial charge in [0.05, 0.1) is 13.2 Å². The number of carbonyl (C=O) groups excluding carboxylic acids is 1. The summed E-state index contributed by atoms with van der Waals surface area (Å²) in [6.07, 6.45) is 0. The number of anilines is 1. The predicted octanol–water partition coefficient (Wildman–Crippen LogP) is 0.0474. The van der Waals surface area contributed by atoms with E-state index in [1.807, 2.05) is 0 Å². The molecule has 2 aliphatic rings. The quantitative estimate of drug-likeness (QED) is 0.572. The first-order valence-electron chi connectivity index (χ1n) is 7.04. The second-order valence-electron chi connectivity index (χ2n) is 5.04. The summed E-state index contributed by atoms with van der Waals surface area (Å²) >= 11 is 0. The molecule has 2 aliphatic heterocycles. The molecule has 3 rings (SSSR count). The van der Waals surface area contributed by atoms with Crippen LogP contribution in [0.1, 0.15) is 0 Å². The molecule has 0 bridgehead atoms. The summed E-state index contributed by atoms with van der Waals surface area (Å²) in [7, 11) is 0. The van der Waals surface area contributed by atoms with E-state index in [2.05, 4.69) is 9.88 Å². The molecule has 0 saturated carbocycles. The number of hydrogen-bond acceptors (Lipinski definition) is 7. The van der Waals surface area contributed by atoms with Crippen molar-refractivity contribution in [1.82, 2.24) is 9.88 Å². The number of aromatic nitrogens is 1. The summed E-state index contributed by atoms with van der Waals surface area (Å²) in [5, 5.41) is 10.9. The van der Waals surface area contributed by atoms with E-state index >= 15 is 0 Å². The third-order valence-electron chi connectivity index (χ3n) is 3.66. The highest BCUT2D eigenvalue weighted by Crippen LogP contribution is 2.31. The Labute approximate surface area is 126 Å². The van der Waals surface area contributed by atoms with Crippen molar-refractivity contribution in [3.05, 3.63) is 22.2 Å².